The summed E-state index contributed by atoms with van der Waals surface area (Å²) >= 11 is 0. The summed E-state index contributed by atoms with van der Waals surface area (Å²) in [6.07, 6.45) is 0. The van der Waals surface area contributed by atoms with Gasteiger partial charge in [0.15, 0.2) is 17.5 Å². The Morgan fingerprint density at radius 2 is 0.661 bits per heavy atom. The molecule has 9 aromatic carbocycles. The highest BCUT2D eigenvalue weighted by molar-refractivity contribution is 5.97. The van der Waals surface area contributed by atoms with Gasteiger partial charge in [0.1, 0.15) is 0 Å². The molecule has 4 nitrogen and oxygen atoms in total. The Balaban J connectivity index is 1.02. The molecule has 1 aliphatic heterocycles. The molecule has 0 amide bonds. The molecule has 0 saturated heterocycles. The van der Waals surface area contributed by atoms with Crippen molar-refractivity contribution in [3.63, 3.8) is 0 Å². The van der Waals surface area contributed by atoms with Crippen molar-refractivity contribution >= 4 is 17.1 Å². The van der Waals surface area contributed by atoms with E-state index in [1.54, 1.807) is 0 Å². The third-order valence-electron chi connectivity index (χ3n) is 12.5. The molecule has 0 bridgehead atoms. The quantitative estimate of drug-likeness (QED) is 0.168. The van der Waals surface area contributed by atoms with Crippen LogP contribution in [0.25, 0.3) is 67.5 Å². The van der Waals surface area contributed by atoms with E-state index >= 15 is 0 Å². The van der Waals surface area contributed by atoms with E-state index in [0.29, 0.717) is 17.5 Å². The van der Waals surface area contributed by atoms with E-state index in [0.717, 1.165) is 39.1 Å². The van der Waals surface area contributed by atoms with Gasteiger partial charge in [-0.1, -0.05) is 200 Å². The maximum atomic E-state index is 4.99. The van der Waals surface area contributed by atoms with Gasteiger partial charge in [-0.2, -0.15) is 0 Å². The normalized spacial score (nSPS) is 12.9. The molecule has 62 heavy (non-hydrogen) atoms. The van der Waals surface area contributed by atoms with Crippen LogP contribution in [0.5, 0.6) is 0 Å². The van der Waals surface area contributed by atoms with E-state index in [2.05, 4.69) is 175 Å². The van der Waals surface area contributed by atoms with E-state index in [9.17, 15) is 0 Å². The molecule has 4 heteroatoms. The van der Waals surface area contributed by atoms with Gasteiger partial charge >= 0.3 is 0 Å². The molecule has 2 aliphatic rings. The number of anilines is 3. The summed E-state index contributed by atoms with van der Waals surface area (Å²) in [5.74, 6) is 1.93. The standard InChI is InChI=1S/C58H38N4/c1-4-18-40(19-5-1)55-59-56(41-20-6-2-7-21-41)61-57(60-55)42-34-32-39(33-35-42)45-24-10-11-25-46(45)43-36-37-54-52(38-43)58(49-28-14-12-26-47(49)48-27-13-15-29-50(48)58)51-30-16-17-31-53(51)62(54)44-22-8-3-9-23-44/h1-38H. The van der Waals surface area contributed by atoms with Crippen molar-refractivity contribution in [2.24, 2.45) is 0 Å². The number of rotatable bonds is 6. The summed E-state index contributed by atoms with van der Waals surface area (Å²) in [5.41, 5.74) is 18.1. The third-order valence-corrected chi connectivity index (χ3v) is 12.5. The molecule has 290 valence electrons. The molecular weight excluding hydrogens is 753 g/mol. The number of fused-ring (bicyclic) bond motifs is 9. The Bertz CT molecular complexity index is 3190. The fourth-order valence-corrected chi connectivity index (χ4v) is 9.85. The summed E-state index contributed by atoms with van der Waals surface area (Å²) in [7, 11) is 0. The van der Waals surface area contributed by atoms with Crippen LogP contribution in [0.3, 0.4) is 0 Å². The van der Waals surface area contributed by atoms with Crippen molar-refractivity contribution in [2.75, 3.05) is 4.90 Å². The van der Waals surface area contributed by atoms with E-state index < -0.39 is 5.41 Å². The van der Waals surface area contributed by atoms with Crippen LogP contribution in [0.4, 0.5) is 17.1 Å². The van der Waals surface area contributed by atoms with Crippen LogP contribution < -0.4 is 4.90 Å². The number of benzene rings is 9. The molecule has 1 spiro atoms. The number of para-hydroxylation sites is 2. The first-order chi connectivity index (χ1) is 30.8. The maximum Gasteiger partial charge on any atom is 0.164 e. The van der Waals surface area contributed by atoms with Gasteiger partial charge in [-0.3, -0.25) is 0 Å². The fourth-order valence-electron chi connectivity index (χ4n) is 9.85. The van der Waals surface area contributed by atoms with Gasteiger partial charge in [0.2, 0.25) is 0 Å². The van der Waals surface area contributed by atoms with Gasteiger partial charge in [0, 0.05) is 22.4 Å². The van der Waals surface area contributed by atoms with Gasteiger partial charge in [-0.25, -0.2) is 15.0 Å². The van der Waals surface area contributed by atoms with Gasteiger partial charge < -0.3 is 4.90 Å². The van der Waals surface area contributed by atoms with Crippen LogP contribution in [0.1, 0.15) is 22.3 Å². The first-order valence-corrected chi connectivity index (χ1v) is 21.1. The van der Waals surface area contributed by atoms with Crippen molar-refractivity contribution in [1.82, 2.24) is 15.0 Å². The Morgan fingerprint density at radius 1 is 0.274 bits per heavy atom. The Hall–Kier alpha value is -8.21. The SMILES string of the molecule is c1ccc(-c2nc(-c3ccccc3)nc(-c3ccc(-c4ccccc4-c4ccc5c(c4)C4(c6ccccc6-c6ccccc64)c4ccccc4N5c4ccccc4)cc3)n2)cc1. The zero-order chi connectivity index (χ0) is 41.0. The van der Waals surface area contributed by atoms with Crippen LogP contribution >= 0.6 is 0 Å². The minimum absolute atomic E-state index is 0.529. The largest absolute Gasteiger partial charge is 0.310 e. The van der Waals surface area contributed by atoms with Crippen LogP contribution in [-0.4, -0.2) is 15.0 Å². The maximum absolute atomic E-state index is 4.99. The zero-order valence-corrected chi connectivity index (χ0v) is 33.7. The molecule has 1 aromatic heterocycles. The molecule has 0 saturated carbocycles. The highest BCUT2D eigenvalue weighted by Crippen LogP contribution is 2.63. The monoisotopic (exact) mass is 790 g/mol. The molecule has 0 fully saturated rings. The number of nitrogens with zero attached hydrogens (tertiary/aromatic N) is 4. The Morgan fingerprint density at radius 3 is 1.23 bits per heavy atom. The van der Waals surface area contributed by atoms with Crippen LogP contribution in [0.15, 0.2) is 231 Å². The second kappa shape index (κ2) is 14.5. The second-order valence-corrected chi connectivity index (χ2v) is 15.9. The minimum atomic E-state index is -0.529. The average molecular weight is 791 g/mol. The summed E-state index contributed by atoms with van der Waals surface area (Å²) in [5, 5.41) is 0. The van der Waals surface area contributed by atoms with Crippen molar-refractivity contribution in [3.05, 3.63) is 253 Å². The summed E-state index contributed by atoms with van der Waals surface area (Å²) < 4.78 is 0. The zero-order valence-electron chi connectivity index (χ0n) is 33.7. The second-order valence-electron chi connectivity index (χ2n) is 15.9. The van der Waals surface area contributed by atoms with Gasteiger partial charge in [-0.05, 0) is 86.0 Å². The highest BCUT2D eigenvalue weighted by Gasteiger charge is 2.51. The van der Waals surface area contributed by atoms with Crippen LogP contribution in [0.2, 0.25) is 0 Å². The first-order valence-electron chi connectivity index (χ1n) is 21.1. The third kappa shape index (κ3) is 5.58. The molecule has 0 N–H and O–H groups in total. The Kier molecular flexibility index (Phi) is 8.36. The van der Waals surface area contributed by atoms with E-state index in [4.69, 9.17) is 15.0 Å². The fraction of sp³-hybridized carbons (Fsp3) is 0.0172. The van der Waals surface area contributed by atoms with E-state index in [1.807, 2.05) is 60.7 Å². The lowest BCUT2D eigenvalue weighted by atomic mass is 9.64. The van der Waals surface area contributed by atoms with Gasteiger partial charge in [0.05, 0.1) is 16.8 Å². The number of hydrogen-bond acceptors (Lipinski definition) is 4. The van der Waals surface area contributed by atoms with Gasteiger partial charge in [-0.15, -0.1) is 0 Å². The van der Waals surface area contributed by atoms with Crippen molar-refractivity contribution in [2.45, 2.75) is 5.41 Å². The number of hydrogen-bond donors (Lipinski definition) is 0. The average Bonchev–Trinajstić information content (AvgIpc) is 3.65. The molecule has 0 radical (unpaired) electrons. The molecule has 0 unspecified atom stereocenters. The molecule has 10 aromatic rings. The van der Waals surface area contributed by atoms with E-state index in [-0.39, 0.29) is 0 Å². The van der Waals surface area contributed by atoms with E-state index in [1.165, 1.54) is 50.3 Å². The summed E-state index contributed by atoms with van der Waals surface area (Å²) in [4.78, 5) is 17.3. The molecule has 1 aliphatic carbocycles. The predicted octanol–water partition coefficient (Wildman–Crippen LogP) is 14.4. The molecule has 0 atom stereocenters. The number of aromatic nitrogens is 3. The molecular formula is C58H38N4. The molecule has 12 rings (SSSR count). The summed E-state index contributed by atoms with van der Waals surface area (Å²) in [6, 6.07) is 82.5. The smallest absolute Gasteiger partial charge is 0.164 e. The minimum Gasteiger partial charge on any atom is -0.310 e. The lowest BCUT2D eigenvalue weighted by molar-refractivity contribution is 0.753. The first kappa shape index (κ1) is 35.7. The van der Waals surface area contributed by atoms with Crippen LogP contribution in [0, 0.1) is 0 Å². The van der Waals surface area contributed by atoms with Crippen molar-refractivity contribution in [3.8, 4) is 67.5 Å². The van der Waals surface area contributed by atoms with Crippen LogP contribution in [-0.2, 0) is 5.41 Å². The van der Waals surface area contributed by atoms with Gasteiger partial charge in [0.25, 0.3) is 0 Å². The van der Waals surface area contributed by atoms with Crippen molar-refractivity contribution < 1.29 is 0 Å². The van der Waals surface area contributed by atoms with Crippen molar-refractivity contribution in [1.29, 1.82) is 0 Å². The topological polar surface area (TPSA) is 41.9 Å². The lowest BCUT2D eigenvalue weighted by Crippen LogP contribution is -2.36. The molecule has 2 heterocycles. The Labute approximate surface area is 361 Å². The lowest BCUT2D eigenvalue weighted by Gasteiger charge is -2.45. The predicted molar refractivity (Wildman–Crippen MR) is 253 cm³/mol. The summed E-state index contributed by atoms with van der Waals surface area (Å²) in [6.45, 7) is 0. The highest BCUT2D eigenvalue weighted by atomic mass is 15.2.